The molecule has 11 aromatic rings. The first-order valence-corrected chi connectivity index (χ1v) is 30.5. The third-order valence-electron chi connectivity index (χ3n) is 15.8. The lowest BCUT2D eigenvalue weighted by atomic mass is 10.0. The number of nitrogens with zero attached hydrogens (tertiary/aromatic N) is 6. The summed E-state index contributed by atoms with van der Waals surface area (Å²) >= 11 is 0. The number of rotatable bonds is 24. The second kappa shape index (κ2) is 27.5. The number of aromatic nitrogens is 8. The van der Waals surface area contributed by atoms with Gasteiger partial charge in [0.2, 0.25) is 0 Å². The zero-order valence-electron chi connectivity index (χ0n) is 49.2. The Hall–Kier alpha value is -10.7. The van der Waals surface area contributed by atoms with Crippen LogP contribution in [0, 0.1) is 0 Å². The number of pyridine rings is 4. The molecule has 4 aromatic carbocycles. The van der Waals surface area contributed by atoms with Crippen LogP contribution in [-0.4, -0.2) is 46.4 Å². The molecule has 0 fully saturated rings. The van der Waals surface area contributed by atoms with Gasteiger partial charge in [0.15, 0.2) is 75.8 Å². The van der Waals surface area contributed by atoms with Crippen LogP contribution in [0.2, 0.25) is 0 Å². The van der Waals surface area contributed by atoms with Gasteiger partial charge in [-0.25, -0.2) is 28.2 Å². The van der Waals surface area contributed by atoms with Crippen molar-refractivity contribution in [3.05, 3.63) is 266 Å². The molecule has 2 aliphatic rings. The Morgan fingerprint density at radius 2 is 0.477 bits per heavy atom. The highest BCUT2D eigenvalue weighted by Gasteiger charge is 2.20. The van der Waals surface area contributed by atoms with Crippen LogP contribution in [0.1, 0.15) is 48.5 Å². The average Bonchev–Trinajstić information content (AvgIpc) is 3.80. The van der Waals surface area contributed by atoms with Gasteiger partial charge < -0.3 is 28.9 Å². The molecule has 0 saturated heterocycles. The molecular formula is C76H70N8O4+4. The first-order valence-electron chi connectivity index (χ1n) is 30.5. The summed E-state index contributed by atoms with van der Waals surface area (Å²) in [5.74, 6) is 3.24. The number of H-pyrrole nitrogens is 2. The van der Waals surface area contributed by atoms with Crippen LogP contribution >= 0.6 is 0 Å². The summed E-state index contributed by atoms with van der Waals surface area (Å²) in [6, 6.07) is 66.8. The lowest BCUT2D eigenvalue weighted by molar-refractivity contribution is -0.697. The van der Waals surface area contributed by atoms with Crippen molar-refractivity contribution in [1.82, 2.24) is 19.9 Å². The van der Waals surface area contributed by atoms with Crippen LogP contribution in [0.4, 0.5) is 0 Å². The van der Waals surface area contributed by atoms with E-state index in [-0.39, 0.29) is 0 Å². The molecule has 9 heterocycles. The Labute approximate surface area is 513 Å². The van der Waals surface area contributed by atoms with E-state index in [4.69, 9.17) is 28.9 Å². The quantitative estimate of drug-likeness (QED) is 0.0461. The van der Waals surface area contributed by atoms with Crippen LogP contribution in [-0.2, 0) is 26.2 Å². The predicted molar refractivity (Wildman–Crippen MR) is 348 cm³/mol. The molecule has 13 rings (SSSR count). The van der Waals surface area contributed by atoms with Crippen LogP contribution in [0.15, 0.2) is 244 Å². The maximum absolute atomic E-state index is 6.33. The Balaban J connectivity index is 0.916. The van der Waals surface area contributed by atoms with E-state index < -0.39 is 0 Å². The van der Waals surface area contributed by atoms with Crippen molar-refractivity contribution in [2.45, 2.75) is 51.9 Å². The Bertz CT molecular complexity index is 3790. The number of nitrogens with one attached hydrogen (secondary N) is 2. The third kappa shape index (κ3) is 13.8. The van der Waals surface area contributed by atoms with Crippen LogP contribution in [0.3, 0.4) is 0 Å². The minimum Gasteiger partial charge on any atom is -0.493 e. The number of hydrogen-bond donors (Lipinski definition) is 2. The molecule has 0 amide bonds. The lowest BCUT2D eigenvalue weighted by Gasteiger charge is -2.10. The standard InChI is InChI=1S/C76H70N8O4/c1-5-41-81(42-6-1)49-13-53-85-61-25-17-57(18-26-61)73-65-33-35-67(77-65)74(58-19-27-62(28-20-58)86-54-14-50-82-43-7-2-8-44-82)69-37-39-71(79-69)76(60-23-31-64(32-24-60)88-56-16-52-84-47-11-4-12-48-84)72-40-38-70(80-72)75(68-36-34-66(73)78-68)59-21-29-63(30-22-59)87-55-15-51-83-45-9-3-10-46-83/h1-12,17-48,77,80H,13-16,49-56H2/q+4. The van der Waals surface area contributed by atoms with Gasteiger partial charge in [0.25, 0.3) is 0 Å². The van der Waals surface area contributed by atoms with Crippen LogP contribution in [0.25, 0.3) is 90.9 Å². The maximum Gasteiger partial charge on any atom is 0.168 e. The number of fused-ring (bicyclic) bond motifs is 8. The average molecular weight is 1160 g/mol. The fourth-order valence-corrected chi connectivity index (χ4v) is 11.4. The van der Waals surface area contributed by atoms with Gasteiger partial charge in [-0.1, -0.05) is 72.8 Å². The van der Waals surface area contributed by atoms with Gasteiger partial charge in [0.1, 0.15) is 23.0 Å². The van der Waals surface area contributed by atoms with E-state index in [2.05, 4.69) is 272 Å². The van der Waals surface area contributed by atoms with Gasteiger partial charge in [0.05, 0.1) is 49.2 Å². The third-order valence-corrected chi connectivity index (χ3v) is 15.8. The van der Waals surface area contributed by atoms with Gasteiger partial charge in [0, 0.05) is 119 Å². The Morgan fingerprint density at radius 1 is 0.261 bits per heavy atom. The van der Waals surface area contributed by atoms with E-state index in [1.54, 1.807) is 0 Å². The van der Waals surface area contributed by atoms with Crippen molar-refractivity contribution in [2.24, 2.45) is 0 Å². The zero-order chi connectivity index (χ0) is 59.1. The fourth-order valence-electron chi connectivity index (χ4n) is 11.4. The molecule has 0 spiro atoms. The molecule has 12 heteroatoms. The summed E-state index contributed by atoms with van der Waals surface area (Å²) in [5, 5.41) is 0. The van der Waals surface area contributed by atoms with E-state index in [0.717, 1.165) is 164 Å². The second-order valence-corrected chi connectivity index (χ2v) is 21.9. The second-order valence-electron chi connectivity index (χ2n) is 21.9. The lowest BCUT2D eigenvalue weighted by Crippen LogP contribution is -2.33. The van der Waals surface area contributed by atoms with Crippen molar-refractivity contribution in [3.63, 3.8) is 0 Å². The molecule has 88 heavy (non-hydrogen) atoms. The minimum atomic E-state index is 0.595. The van der Waals surface area contributed by atoms with E-state index in [9.17, 15) is 0 Å². The zero-order valence-corrected chi connectivity index (χ0v) is 49.2. The number of ether oxygens (including phenoxy) is 4. The van der Waals surface area contributed by atoms with Crippen LogP contribution < -0.4 is 37.2 Å². The van der Waals surface area contributed by atoms with Gasteiger partial charge in [-0.05, 0) is 119 Å². The summed E-state index contributed by atoms with van der Waals surface area (Å²) < 4.78 is 34.0. The number of hydrogen-bond acceptors (Lipinski definition) is 6. The molecule has 0 atom stereocenters. The summed E-state index contributed by atoms with van der Waals surface area (Å²) in [6.07, 6.45) is 28.7. The summed E-state index contributed by atoms with van der Waals surface area (Å²) in [4.78, 5) is 19.0. The van der Waals surface area contributed by atoms with Crippen molar-refractivity contribution in [2.75, 3.05) is 26.4 Å². The molecule has 2 N–H and O–H groups in total. The number of aryl methyl sites for hydroxylation is 4. The molecule has 12 nitrogen and oxygen atoms in total. The highest BCUT2D eigenvalue weighted by molar-refractivity contribution is 6.00. The molecule has 8 bridgehead atoms. The summed E-state index contributed by atoms with van der Waals surface area (Å²) in [7, 11) is 0. The van der Waals surface area contributed by atoms with Gasteiger partial charge in [-0.3, -0.25) is 0 Å². The van der Waals surface area contributed by atoms with E-state index in [1.165, 1.54) is 0 Å². The fraction of sp³-hybridized carbons (Fsp3) is 0.158. The number of benzene rings is 4. The van der Waals surface area contributed by atoms with E-state index in [1.807, 2.05) is 24.3 Å². The first-order chi connectivity index (χ1) is 43.6. The highest BCUT2D eigenvalue weighted by atomic mass is 16.5. The molecular weight excluding hydrogens is 1090 g/mol. The van der Waals surface area contributed by atoms with E-state index in [0.29, 0.717) is 26.4 Å². The summed E-state index contributed by atoms with van der Waals surface area (Å²) in [5.41, 5.74) is 14.7. The first kappa shape index (κ1) is 56.4. The summed E-state index contributed by atoms with van der Waals surface area (Å²) in [6.45, 7) is 5.87. The highest BCUT2D eigenvalue weighted by Crippen LogP contribution is 2.40. The maximum atomic E-state index is 6.33. The predicted octanol–water partition coefficient (Wildman–Crippen LogP) is 14.3. The SMILES string of the molecule is C1=Cc2nc1c(-c1ccc(OCCC[n+]3ccccc3)cc1)c1ccc([nH]1)c(-c1ccc(OCCC[n+]3ccccc3)cc1)c1nc(c(-c3ccc(OCCC[n+]4ccccc4)cc3)c3ccc([nH]3)c2-c2ccc(OCCC[n+]3ccccc3)cc2)C=C1. The number of aromatic amines is 2. The molecule has 7 aromatic heterocycles. The Kier molecular flexibility index (Phi) is 17.7. The molecule has 0 unspecified atom stereocenters. The molecule has 434 valence electrons. The van der Waals surface area contributed by atoms with Gasteiger partial charge in [-0.15, -0.1) is 0 Å². The van der Waals surface area contributed by atoms with Crippen molar-refractivity contribution >= 4 is 46.4 Å². The van der Waals surface area contributed by atoms with E-state index >= 15 is 0 Å². The van der Waals surface area contributed by atoms with Crippen molar-refractivity contribution in [3.8, 4) is 67.5 Å². The molecule has 0 aliphatic carbocycles. The van der Waals surface area contributed by atoms with Crippen LogP contribution in [0.5, 0.6) is 23.0 Å². The monoisotopic (exact) mass is 1160 g/mol. The van der Waals surface area contributed by atoms with Crippen molar-refractivity contribution < 1.29 is 37.2 Å². The minimum absolute atomic E-state index is 0.595. The topological polar surface area (TPSA) is 110 Å². The smallest absolute Gasteiger partial charge is 0.168 e. The molecule has 2 aliphatic heterocycles. The van der Waals surface area contributed by atoms with Gasteiger partial charge >= 0.3 is 0 Å². The Morgan fingerprint density at radius 3 is 0.693 bits per heavy atom. The normalized spacial score (nSPS) is 11.6. The van der Waals surface area contributed by atoms with Gasteiger partial charge in [-0.2, -0.15) is 0 Å². The molecule has 0 saturated carbocycles. The largest absolute Gasteiger partial charge is 0.493 e. The van der Waals surface area contributed by atoms with Crippen molar-refractivity contribution in [1.29, 1.82) is 0 Å². The molecule has 0 radical (unpaired) electrons.